The molecule has 1 aromatic rings. The molecule has 0 radical (unpaired) electrons. The lowest BCUT2D eigenvalue weighted by Crippen LogP contribution is -2.49. The summed E-state index contributed by atoms with van der Waals surface area (Å²) >= 11 is 5.95. The van der Waals surface area contributed by atoms with Crippen LogP contribution in [0.4, 0.5) is 5.69 Å². The Morgan fingerprint density at radius 3 is 2.45 bits per heavy atom. The van der Waals surface area contributed by atoms with Crippen molar-refractivity contribution in [1.29, 1.82) is 0 Å². The summed E-state index contributed by atoms with van der Waals surface area (Å²) in [6, 6.07) is 5.69. The van der Waals surface area contributed by atoms with Crippen LogP contribution in [0.15, 0.2) is 24.3 Å². The van der Waals surface area contributed by atoms with Gasteiger partial charge < -0.3 is 5.32 Å². The van der Waals surface area contributed by atoms with Gasteiger partial charge in [-0.25, -0.2) is 8.42 Å². The molecule has 124 valence electrons. The van der Waals surface area contributed by atoms with Crippen molar-refractivity contribution in [3.05, 3.63) is 29.3 Å². The third-order valence-electron chi connectivity index (χ3n) is 3.08. The van der Waals surface area contributed by atoms with E-state index in [-0.39, 0.29) is 5.91 Å². The Labute approximate surface area is 137 Å². The van der Waals surface area contributed by atoms with Crippen molar-refractivity contribution in [3.8, 4) is 0 Å². The minimum Gasteiger partial charge on any atom is -0.354 e. The largest absolute Gasteiger partial charge is 0.354 e. The van der Waals surface area contributed by atoms with E-state index in [0.717, 1.165) is 10.6 Å². The first-order valence-electron chi connectivity index (χ1n) is 7.19. The topological polar surface area (TPSA) is 66.5 Å². The number of amides is 1. The number of nitrogens with zero attached hydrogens (tertiary/aromatic N) is 1. The molecule has 0 heterocycles. The van der Waals surface area contributed by atoms with E-state index >= 15 is 0 Å². The fourth-order valence-corrected chi connectivity index (χ4v) is 3.48. The second-order valence-corrected chi connectivity index (χ2v) is 7.90. The molecular weight excluding hydrogens is 324 g/mol. The average molecular weight is 347 g/mol. The highest BCUT2D eigenvalue weighted by molar-refractivity contribution is 7.92. The number of anilines is 1. The molecule has 0 aliphatic carbocycles. The van der Waals surface area contributed by atoms with E-state index in [1.807, 2.05) is 13.8 Å². The van der Waals surface area contributed by atoms with E-state index < -0.39 is 16.1 Å². The number of carbonyl (C=O) groups excluding carboxylic acids is 1. The molecule has 0 fully saturated rings. The van der Waals surface area contributed by atoms with Crippen molar-refractivity contribution < 1.29 is 13.2 Å². The van der Waals surface area contributed by atoms with Gasteiger partial charge in [0.15, 0.2) is 0 Å². The number of halogens is 1. The number of nitrogens with one attached hydrogen (secondary N) is 1. The molecule has 5 nitrogen and oxygen atoms in total. The zero-order chi connectivity index (χ0) is 16.9. The maximum atomic E-state index is 12.4. The quantitative estimate of drug-likeness (QED) is 0.825. The van der Waals surface area contributed by atoms with Gasteiger partial charge in [-0.3, -0.25) is 9.10 Å². The van der Waals surface area contributed by atoms with Gasteiger partial charge in [0.2, 0.25) is 15.9 Å². The highest BCUT2D eigenvalue weighted by Crippen LogP contribution is 2.25. The van der Waals surface area contributed by atoms with Gasteiger partial charge in [0.05, 0.1) is 11.9 Å². The third kappa shape index (κ3) is 5.18. The van der Waals surface area contributed by atoms with E-state index in [9.17, 15) is 13.2 Å². The highest BCUT2D eigenvalue weighted by atomic mass is 35.5. The molecular formula is C15H23ClN2O3S. The van der Waals surface area contributed by atoms with Crippen LogP contribution in [-0.4, -0.2) is 33.2 Å². The van der Waals surface area contributed by atoms with Gasteiger partial charge in [-0.05, 0) is 30.5 Å². The van der Waals surface area contributed by atoms with Gasteiger partial charge in [-0.1, -0.05) is 38.4 Å². The number of rotatable bonds is 7. The first-order chi connectivity index (χ1) is 10.2. The van der Waals surface area contributed by atoms with Crippen molar-refractivity contribution in [1.82, 2.24) is 5.32 Å². The molecule has 7 heteroatoms. The number of hydrogen-bond donors (Lipinski definition) is 1. The maximum absolute atomic E-state index is 12.4. The SMILES string of the molecule is CC[C@@H](C(=O)NCC(C)C)N(c1cccc(Cl)c1)S(C)(=O)=O. The van der Waals surface area contributed by atoms with E-state index in [1.54, 1.807) is 31.2 Å². The summed E-state index contributed by atoms with van der Waals surface area (Å²) in [5.74, 6) is -0.0130. The van der Waals surface area contributed by atoms with E-state index in [2.05, 4.69) is 5.32 Å². The van der Waals surface area contributed by atoms with Crippen LogP contribution in [0.3, 0.4) is 0 Å². The monoisotopic (exact) mass is 346 g/mol. The van der Waals surface area contributed by atoms with E-state index in [0.29, 0.717) is 29.6 Å². The molecule has 0 saturated carbocycles. The molecule has 1 N–H and O–H groups in total. The van der Waals surface area contributed by atoms with Crippen molar-refractivity contribution in [3.63, 3.8) is 0 Å². The zero-order valence-corrected chi connectivity index (χ0v) is 14.9. The lowest BCUT2D eigenvalue weighted by molar-refractivity contribution is -0.122. The minimum atomic E-state index is -3.62. The Hall–Kier alpha value is -1.27. The van der Waals surface area contributed by atoms with Crippen molar-refractivity contribution in [2.24, 2.45) is 5.92 Å². The Balaban J connectivity index is 3.17. The lowest BCUT2D eigenvalue weighted by Gasteiger charge is -2.30. The minimum absolute atomic E-state index is 0.291. The van der Waals surface area contributed by atoms with Crippen LogP contribution in [0.25, 0.3) is 0 Å². The van der Waals surface area contributed by atoms with Crippen molar-refractivity contribution in [2.75, 3.05) is 17.1 Å². The summed E-state index contributed by atoms with van der Waals surface area (Å²) < 4.78 is 25.5. The normalized spacial score (nSPS) is 13.0. The average Bonchev–Trinajstić information content (AvgIpc) is 2.40. The van der Waals surface area contributed by atoms with Gasteiger partial charge in [-0.15, -0.1) is 0 Å². The number of hydrogen-bond acceptors (Lipinski definition) is 3. The standard InChI is InChI=1S/C15H23ClN2O3S/c1-5-14(15(19)17-10-11(2)3)18(22(4,20)21)13-8-6-7-12(16)9-13/h6-9,11,14H,5,10H2,1-4H3,(H,17,19)/t14-/m0/s1. The van der Waals surface area contributed by atoms with Crippen LogP contribution in [0.5, 0.6) is 0 Å². The Bertz CT molecular complexity index is 617. The molecule has 0 aromatic heterocycles. The predicted octanol–water partition coefficient (Wildman–Crippen LogP) is 2.66. The number of sulfonamides is 1. The second-order valence-electron chi connectivity index (χ2n) is 5.60. The van der Waals surface area contributed by atoms with Crippen LogP contribution >= 0.6 is 11.6 Å². The molecule has 0 spiro atoms. The van der Waals surface area contributed by atoms with E-state index in [1.165, 1.54) is 0 Å². The summed E-state index contributed by atoms with van der Waals surface area (Å²) in [6.07, 6.45) is 1.45. The third-order valence-corrected chi connectivity index (χ3v) is 4.49. The maximum Gasteiger partial charge on any atom is 0.243 e. The zero-order valence-electron chi connectivity index (χ0n) is 13.3. The summed E-state index contributed by atoms with van der Waals surface area (Å²) in [4.78, 5) is 12.4. The smallest absolute Gasteiger partial charge is 0.243 e. The number of benzene rings is 1. The molecule has 0 aliphatic heterocycles. The van der Waals surface area contributed by atoms with Crippen LogP contribution in [0.2, 0.25) is 5.02 Å². The van der Waals surface area contributed by atoms with Crippen molar-refractivity contribution >= 4 is 33.2 Å². The van der Waals surface area contributed by atoms with Gasteiger partial charge in [0, 0.05) is 11.6 Å². The summed E-state index contributed by atoms with van der Waals surface area (Å²) in [5, 5.41) is 3.21. The van der Waals surface area contributed by atoms with Gasteiger partial charge in [0.1, 0.15) is 6.04 Å². The number of carbonyl (C=O) groups is 1. The summed E-state index contributed by atoms with van der Waals surface area (Å²) in [6.45, 7) is 6.24. The molecule has 0 saturated heterocycles. The van der Waals surface area contributed by atoms with Crippen LogP contribution in [0.1, 0.15) is 27.2 Å². The second kappa shape index (κ2) is 7.83. The summed E-state index contributed by atoms with van der Waals surface area (Å²) in [7, 11) is -3.62. The molecule has 1 rings (SSSR count). The highest BCUT2D eigenvalue weighted by Gasteiger charge is 2.31. The van der Waals surface area contributed by atoms with Crippen LogP contribution < -0.4 is 9.62 Å². The summed E-state index contributed by atoms with van der Waals surface area (Å²) in [5.41, 5.74) is 0.390. The fraction of sp³-hybridized carbons (Fsp3) is 0.533. The first kappa shape index (κ1) is 18.8. The van der Waals surface area contributed by atoms with Gasteiger partial charge in [0.25, 0.3) is 0 Å². The Morgan fingerprint density at radius 1 is 1.36 bits per heavy atom. The fourth-order valence-electron chi connectivity index (χ4n) is 2.10. The molecule has 1 amide bonds. The van der Waals surface area contributed by atoms with Gasteiger partial charge in [-0.2, -0.15) is 0 Å². The Kier molecular flexibility index (Phi) is 6.68. The predicted molar refractivity (Wildman–Crippen MR) is 90.7 cm³/mol. The molecule has 0 bridgehead atoms. The van der Waals surface area contributed by atoms with Crippen LogP contribution in [-0.2, 0) is 14.8 Å². The lowest BCUT2D eigenvalue weighted by atomic mass is 10.1. The van der Waals surface area contributed by atoms with Crippen LogP contribution in [0, 0.1) is 5.92 Å². The first-order valence-corrected chi connectivity index (χ1v) is 9.42. The molecule has 22 heavy (non-hydrogen) atoms. The van der Waals surface area contributed by atoms with Crippen molar-refractivity contribution in [2.45, 2.75) is 33.2 Å². The molecule has 0 unspecified atom stereocenters. The van der Waals surface area contributed by atoms with E-state index in [4.69, 9.17) is 11.6 Å². The molecule has 1 aromatic carbocycles. The molecule has 0 aliphatic rings. The van der Waals surface area contributed by atoms with Gasteiger partial charge >= 0.3 is 0 Å². The molecule has 1 atom stereocenters. The Morgan fingerprint density at radius 2 is 2.00 bits per heavy atom.